The molecular weight excluding hydrogens is 378 g/mol. The van der Waals surface area contributed by atoms with E-state index in [1.54, 1.807) is 31.4 Å². The Labute approximate surface area is 175 Å². The fourth-order valence-corrected chi connectivity index (χ4v) is 3.66. The Kier molecular flexibility index (Phi) is 5.93. The summed E-state index contributed by atoms with van der Waals surface area (Å²) in [7, 11) is 1.57. The van der Waals surface area contributed by atoms with Gasteiger partial charge in [0, 0.05) is 24.0 Å². The summed E-state index contributed by atoms with van der Waals surface area (Å²) in [6, 6.07) is 18.0. The maximum atomic E-state index is 12.9. The third-order valence-electron chi connectivity index (χ3n) is 5.56. The first-order valence-electron chi connectivity index (χ1n) is 10.2. The van der Waals surface area contributed by atoms with E-state index in [2.05, 4.69) is 10.3 Å². The summed E-state index contributed by atoms with van der Waals surface area (Å²) < 4.78 is 5.23. The molecule has 1 heterocycles. The maximum Gasteiger partial charge on any atom is 0.251 e. The molecule has 0 spiro atoms. The van der Waals surface area contributed by atoms with E-state index in [1.807, 2.05) is 30.3 Å². The number of nitrogens with one attached hydrogen (secondary N) is 2. The molecule has 1 amide bonds. The van der Waals surface area contributed by atoms with Gasteiger partial charge in [-0.1, -0.05) is 42.8 Å². The van der Waals surface area contributed by atoms with Crippen molar-refractivity contribution in [3.8, 4) is 5.75 Å². The van der Waals surface area contributed by atoms with Gasteiger partial charge in [0.15, 0.2) is 0 Å². The minimum absolute atomic E-state index is 0.146. The second kappa shape index (κ2) is 8.95. The summed E-state index contributed by atoms with van der Waals surface area (Å²) >= 11 is 0. The number of rotatable bonds is 7. The molecule has 1 aliphatic rings. The van der Waals surface area contributed by atoms with Crippen LogP contribution in [-0.2, 0) is 6.42 Å². The molecule has 30 heavy (non-hydrogen) atoms. The minimum Gasteiger partial charge on any atom is -0.497 e. The van der Waals surface area contributed by atoms with Gasteiger partial charge in [-0.05, 0) is 36.6 Å². The number of hydrogen-bond acceptors (Lipinski definition) is 4. The molecule has 1 fully saturated rings. The molecule has 0 bridgehead atoms. The van der Waals surface area contributed by atoms with Gasteiger partial charge in [-0.2, -0.15) is 0 Å². The number of ether oxygens (including phenoxy) is 1. The second-order valence-corrected chi connectivity index (χ2v) is 7.62. The maximum absolute atomic E-state index is 12.9. The van der Waals surface area contributed by atoms with Crippen LogP contribution in [0.3, 0.4) is 0 Å². The van der Waals surface area contributed by atoms with Gasteiger partial charge in [0.25, 0.3) is 11.5 Å². The molecule has 1 aromatic heterocycles. The van der Waals surface area contributed by atoms with Crippen molar-refractivity contribution in [2.45, 2.75) is 37.6 Å². The van der Waals surface area contributed by atoms with Crippen molar-refractivity contribution >= 4 is 5.91 Å². The monoisotopic (exact) mass is 403 g/mol. The van der Waals surface area contributed by atoms with Crippen LogP contribution in [0, 0.1) is 0 Å². The Balaban J connectivity index is 1.60. The van der Waals surface area contributed by atoms with Crippen LogP contribution in [0.1, 0.15) is 58.7 Å². The molecule has 3 aromatic rings. The Morgan fingerprint density at radius 2 is 1.97 bits per heavy atom. The third-order valence-corrected chi connectivity index (χ3v) is 5.56. The SMILES string of the molecule is COc1cccc(C(=O)NC(Cc2cc(=O)[nH]c(C3CCC3)n2)c2ccccc2)c1. The average molecular weight is 403 g/mol. The second-order valence-electron chi connectivity index (χ2n) is 7.62. The lowest BCUT2D eigenvalue weighted by atomic mass is 9.85. The van der Waals surface area contributed by atoms with Crippen molar-refractivity contribution in [3.05, 3.63) is 93.7 Å². The molecule has 4 rings (SSSR count). The standard InChI is InChI=1S/C24H25N3O3/c1-30-20-12-6-11-18(13-20)24(29)26-21(16-7-3-2-4-8-16)14-19-15-22(28)27-23(25-19)17-9-5-10-17/h2-4,6-8,11-13,15,17,21H,5,9-10,14H2,1H3,(H,26,29)(H,25,27,28). The van der Waals surface area contributed by atoms with Crippen LogP contribution in [0.15, 0.2) is 65.5 Å². The molecule has 1 saturated carbocycles. The number of methoxy groups -OCH3 is 1. The molecule has 1 unspecified atom stereocenters. The Bertz CT molecular complexity index is 1070. The predicted octanol–water partition coefficient (Wildman–Crippen LogP) is 3.76. The van der Waals surface area contributed by atoms with Crippen LogP contribution < -0.4 is 15.6 Å². The zero-order valence-electron chi connectivity index (χ0n) is 16.9. The number of hydrogen-bond donors (Lipinski definition) is 2. The lowest BCUT2D eigenvalue weighted by Gasteiger charge is -2.25. The highest BCUT2D eigenvalue weighted by Gasteiger charge is 2.23. The molecule has 1 aliphatic carbocycles. The first kappa shape index (κ1) is 19.9. The number of H-pyrrole nitrogens is 1. The van der Waals surface area contributed by atoms with Crippen molar-refractivity contribution in [3.63, 3.8) is 0 Å². The Hall–Kier alpha value is -3.41. The van der Waals surface area contributed by atoms with Crippen LogP contribution >= 0.6 is 0 Å². The summed E-state index contributed by atoms with van der Waals surface area (Å²) in [6.45, 7) is 0. The lowest BCUT2D eigenvalue weighted by Crippen LogP contribution is -2.31. The van der Waals surface area contributed by atoms with Crippen LogP contribution in [0.5, 0.6) is 5.75 Å². The Morgan fingerprint density at radius 3 is 2.67 bits per heavy atom. The topological polar surface area (TPSA) is 84.1 Å². The average Bonchev–Trinajstić information content (AvgIpc) is 2.72. The summed E-state index contributed by atoms with van der Waals surface area (Å²) in [5.74, 6) is 1.51. The summed E-state index contributed by atoms with van der Waals surface area (Å²) in [4.78, 5) is 32.7. The fraction of sp³-hybridized carbons (Fsp3) is 0.292. The van der Waals surface area contributed by atoms with Crippen molar-refractivity contribution in [1.29, 1.82) is 0 Å². The van der Waals surface area contributed by atoms with Gasteiger partial charge in [0.2, 0.25) is 0 Å². The number of carbonyl (C=O) groups excluding carboxylic acids is 1. The van der Waals surface area contributed by atoms with E-state index in [0.717, 1.165) is 24.2 Å². The number of aromatic amines is 1. The summed E-state index contributed by atoms with van der Waals surface area (Å²) in [5.41, 5.74) is 2.01. The number of aromatic nitrogens is 2. The van der Waals surface area contributed by atoms with Crippen molar-refractivity contribution in [1.82, 2.24) is 15.3 Å². The Morgan fingerprint density at radius 1 is 1.17 bits per heavy atom. The highest BCUT2D eigenvalue weighted by molar-refractivity contribution is 5.94. The van der Waals surface area contributed by atoms with Crippen LogP contribution in [-0.4, -0.2) is 23.0 Å². The molecule has 154 valence electrons. The first-order chi connectivity index (χ1) is 14.6. The van der Waals surface area contributed by atoms with Crippen LogP contribution in [0.25, 0.3) is 0 Å². The van der Waals surface area contributed by atoms with E-state index in [4.69, 9.17) is 9.72 Å². The van der Waals surface area contributed by atoms with Crippen molar-refractivity contribution < 1.29 is 9.53 Å². The molecule has 6 nitrogen and oxygen atoms in total. The van der Waals surface area contributed by atoms with Gasteiger partial charge < -0.3 is 15.0 Å². The molecule has 0 aliphatic heterocycles. The summed E-state index contributed by atoms with van der Waals surface area (Å²) in [5, 5.41) is 3.10. The number of nitrogens with zero attached hydrogens (tertiary/aromatic N) is 1. The highest BCUT2D eigenvalue weighted by atomic mass is 16.5. The number of amides is 1. The molecular formula is C24H25N3O3. The van der Waals surface area contributed by atoms with Crippen LogP contribution in [0.4, 0.5) is 0 Å². The van der Waals surface area contributed by atoms with E-state index in [0.29, 0.717) is 29.3 Å². The third kappa shape index (κ3) is 4.59. The summed E-state index contributed by atoms with van der Waals surface area (Å²) in [6.07, 6.45) is 3.72. The van der Waals surface area contributed by atoms with E-state index in [9.17, 15) is 9.59 Å². The molecule has 2 aromatic carbocycles. The van der Waals surface area contributed by atoms with Crippen molar-refractivity contribution in [2.24, 2.45) is 0 Å². The predicted molar refractivity (Wildman–Crippen MR) is 115 cm³/mol. The van der Waals surface area contributed by atoms with E-state index in [-0.39, 0.29) is 17.5 Å². The number of carbonyl (C=O) groups is 1. The number of benzene rings is 2. The fourth-order valence-electron chi connectivity index (χ4n) is 3.66. The molecule has 0 radical (unpaired) electrons. The quantitative estimate of drug-likeness (QED) is 0.629. The molecule has 6 heteroatoms. The molecule has 0 saturated heterocycles. The largest absolute Gasteiger partial charge is 0.497 e. The van der Waals surface area contributed by atoms with E-state index in [1.165, 1.54) is 12.5 Å². The molecule has 1 atom stereocenters. The van der Waals surface area contributed by atoms with Gasteiger partial charge in [-0.25, -0.2) is 4.98 Å². The lowest BCUT2D eigenvalue weighted by molar-refractivity contribution is 0.0936. The van der Waals surface area contributed by atoms with Crippen LogP contribution in [0.2, 0.25) is 0 Å². The van der Waals surface area contributed by atoms with Gasteiger partial charge in [0.05, 0.1) is 18.8 Å². The van der Waals surface area contributed by atoms with E-state index < -0.39 is 0 Å². The van der Waals surface area contributed by atoms with Crippen molar-refractivity contribution in [2.75, 3.05) is 7.11 Å². The zero-order chi connectivity index (χ0) is 20.9. The first-order valence-corrected chi connectivity index (χ1v) is 10.2. The smallest absolute Gasteiger partial charge is 0.251 e. The van der Waals surface area contributed by atoms with Gasteiger partial charge in [-0.15, -0.1) is 0 Å². The van der Waals surface area contributed by atoms with Gasteiger partial charge in [0.1, 0.15) is 11.6 Å². The van der Waals surface area contributed by atoms with E-state index >= 15 is 0 Å². The zero-order valence-corrected chi connectivity index (χ0v) is 16.9. The normalized spacial score (nSPS) is 14.6. The highest BCUT2D eigenvalue weighted by Crippen LogP contribution is 2.34. The minimum atomic E-state index is -0.312. The van der Waals surface area contributed by atoms with Gasteiger partial charge in [-0.3, -0.25) is 9.59 Å². The van der Waals surface area contributed by atoms with Gasteiger partial charge >= 0.3 is 0 Å². The molecule has 2 N–H and O–H groups in total.